The second-order valence-electron chi connectivity index (χ2n) is 4.64. The Morgan fingerprint density at radius 1 is 1.44 bits per heavy atom. The monoisotopic (exact) mass is 229 g/mol. The van der Waals surface area contributed by atoms with Crippen LogP contribution in [-0.2, 0) is 14.3 Å². The van der Waals surface area contributed by atoms with E-state index in [0.29, 0.717) is 4.90 Å². The quantitative estimate of drug-likeness (QED) is 0.725. The molecule has 0 aromatic heterocycles. The standard InChI is InChI=1S/C10H15NO5/c1-10(2,3)16-9(15)11-6(8(13)14)4-5-7(11)12/h6H,4-5H2,1-3H3,(H,13,14). The number of ether oxygens (including phenoxy) is 1. The first-order chi connectivity index (χ1) is 7.22. The van der Waals surface area contributed by atoms with Crippen molar-refractivity contribution < 1.29 is 24.2 Å². The topological polar surface area (TPSA) is 83.9 Å². The number of nitrogens with zero attached hydrogens (tertiary/aromatic N) is 1. The molecule has 0 spiro atoms. The fourth-order valence-corrected chi connectivity index (χ4v) is 1.46. The number of carboxylic acids is 1. The summed E-state index contributed by atoms with van der Waals surface area (Å²) in [6.07, 6.45) is -0.675. The molecule has 1 aliphatic rings. The van der Waals surface area contributed by atoms with E-state index in [1.165, 1.54) is 0 Å². The van der Waals surface area contributed by atoms with Crippen LogP contribution in [0.15, 0.2) is 0 Å². The number of rotatable bonds is 1. The highest BCUT2D eigenvalue weighted by Crippen LogP contribution is 2.22. The summed E-state index contributed by atoms with van der Waals surface area (Å²) >= 11 is 0. The lowest BCUT2D eigenvalue weighted by Gasteiger charge is -2.25. The van der Waals surface area contributed by atoms with E-state index in [1.807, 2.05) is 0 Å². The molecule has 6 nitrogen and oxygen atoms in total. The Balaban J connectivity index is 2.80. The molecule has 1 rings (SSSR count). The minimum absolute atomic E-state index is 0.0657. The van der Waals surface area contributed by atoms with Crippen LogP contribution in [0.2, 0.25) is 0 Å². The van der Waals surface area contributed by atoms with Crippen LogP contribution in [0, 0.1) is 0 Å². The van der Waals surface area contributed by atoms with Gasteiger partial charge in [-0.05, 0) is 27.2 Å². The SMILES string of the molecule is CC(C)(C)OC(=O)N1C(=O)CCC1C(=O)O. The van der Waals surface area contributed by atoms with E-state index >= 15 is 0 Å². The first kappa shape index (κ1) is 12.5. The van der Waals surface area contributed by atoms with Crippen molar-refractivity contribution in [2.24, 2.45) is 0 Å². The molecule has 0 bridgehead atoms. The van der Waals surface area contributed by atoms with Crippen LogP contribution in [0.1, 0.15) is 33.6 Å². The second-order valence-corrected chi connectivity index (χ2v) is 4.64. The molecule has 0 aliphatic carbocycles. The van der Waals surface area contributed by atoms with Crippen LogP contribution in [0.4, 0.5) is 4.79 Å². The van der Waals surface area contributed by atoms with Gasteiger partial charge in [-0.25, -0.2) is 14.5 Å². The average molecular weight is 229 g/mol. The predicted octanol–water partition coefficient (Wildman–Crippen LogP) is 0.997. The second kappa shape index (κ2) is 4.11. The van der Waals surface area contributed by atoms with Gasteiger partial charge in [0.25, 0.3) is 0 Å². The van der Waals surface area contributed by atoms with E-state index < -0.39 is 29.6 Å². The first-order valence-corrected chi connectivity index (χ1v) is 5.00. The predicted molar refractivity (Wildman–Crippen MR) is 53.7 cm³/mol. The number of carbonyl (C=O) groups is 3. The number of aliphatic carboxylic acids is 1. The molecule has 1 unspecified atom stereocenters. The van der Waals surface area contributed by atoms with Gasteiger partial charge in [0.05, 0.1) is 0 Å². The molecular weight excluding hydrogens is 214 g/mol. The minimum Gasteiger partial charge on any atom is -0.480 e. The number of hydrogen-bond donors (Lipinski definition) is 1. The maximum atomic E-state index is 11.6. The normalized spacial score (nSPS) is 21.1. The third-order valence-corrected chi connectivity index (χ3v) is 2.09. The molecule has 1 aliphatic heterocycles. The van der Waals surface area contributed by atoms with E-state index in [-0.39, 0.29) is 12.8 Å². The molecule has 90 valence electrons. The number of carbonyl (C=O) groups excluding carboxylic acids is 2. The minimum atomic E-state index is -1.18. The molecule has 1 N–H and O–H groups in total. The van der Waals surface area contributed by atoms with E-state index in [2.05, 4.69) is 0 Å². The van der Waals surface area contributed by atoms with Gasteiger partial charge in [-0.1, -0.05) is 0 Å². The average Bonchev–Trinajstić information content (AvgIpc) is 2.43. The summed E-state index contributed by atoms with van der Waals surface area (Å²) in [5, 5.41) is 8.85. The Morgan fingerprint density at radius 2 is 2.00 bits per heavy atom. The highest BCUT2D eigenvalue weighted by molar-refractivity contribution is 5.99. The lowest BCUT2D eigenvalue weighted by atomic mass is 10.2. The first-order valence-electron chi connectivity index (χ1n) is 5.00. The van der Waals surface area contributed by atoms with Crippen molar-refractivity contribution >= 4 is 18.0 Å². The molecule has 1 saturated heterocycles. The van der Waals surface area contributed by atoms with Gasteiger partial charge in [0.15, 0.2) is 0 Å². The molecule has 1 heterocycles. The molecule has 0 radical (unpaired) electrons. The van der Waals surface area contributed by atoms with E-state index in [4.69, 9.17) is 9.84 Å². The molecule has 16 heavy (non-hydrogen) atoms. The van der Waals surface area contributed by atoms with Gasteiger partial charge >= 0.3 is 12.1 Å². The van der Waals surface area contributed by atoms with Crippen molar-refractivity contribution in [2.75, 3.05) is 0 Å². The Kier molecular flexibility index (Phi) is 3.21. The van der Waals surface area contributed by atoms with Crippen molar-refractivity contribution in [2.45, 2.75) is 45.3 Å². The Bertz CT molecular complexity index is 331. The zero-order chi connectivity index (χ0) is 12.5. The molecule has 6 heteroatoms. The van der Waals surface area contributed by atoms with E-state index in [1.54, 1.807) is 20.8 Å². The van der Waals surface area contributed by atoms with Gasteiger partial charge in [0, 0.05) is 6.42 Å². The molecule has 0 aromatic rings. The number of hydrogen-bond acceptors (Lipinski definition) is 4. The summed E-state index contributed by atoms with van der Waals surface area (Å²) in [6.45, 7) is 4.96. The molecule has 0 saturated carbocycles. The van der Waals surface area contributed by atoms with Gasteiger partial charge in [0.1, 0.15) is 11.6 Å². The maximum Gasteiger partial charge on any atom is 0.417 e. The van der Waals surface area contributed by atoms with Crippen LogP contribution in [0.5, 0.6) is 0 Å². The van der Waals surface area contributed by atoms with Crippen LogP contribution in [-0.4, -0.2) is 39.6 Å². The molecular formula is C10H15NO5. The van der Waals surface area contributed by atoms with Crippen molar-refractivity contribution in [3.63, 3.8) is 0 Å². The Labute approximate surface area is 93.2 Å². The lowest BCUT2D eigenvalue weighted by Crippen LogP contribution is -2.45. The van der Waals surface area contributed by atoms with Crippen molar-refractivity contribution in [3.05, 3.63) is 0 Å². The third kappa shape index (κ3) is 2.71. The van der Waals surface area contributed by atoms with Crippen molar-refractivity contribution in [3.8, 4) is 0 Å². The number of amides is 2. The van der Waals surface area contributed by atoms with Gasteiger partial charge in [0.2, 0.25) is 5.91 Å². The van der Waals surface area contributed by atoms with Crippen LogP contribution >= 0.6 is 0 Å². The zero-order valence-electron chi connectivity index (χ0n) is 9.52. The fourth-order valence-electron chi connectivity index (χ4n) is 1.46. The highest BCUT2D eigenvalue weighted by atomic mass is 16.6. The van der Waals surface area contributed by atoms with Crippen molar-refractivity contribution in [1.82, 2.24) is 4.90 Å². The fraction of sp³-hybridized carbons (Fsp3) is 0.700. The van der Waals surface area contributed by atoms with Gasteiger partial charge in [-0.2, -0.15) is 0 Å². The largest absolute Gasteiger partial charge is 0.480 e. The van der Waals surface area contributed by atoms with Crippen molar-refractivity contribution in [1.29, 1.82) is 0 Å². The summed E-state index contributed by atoms with van der Waals surface area (Å²) in [6, 6.07) is -1.10. The Morgan fingerprint density at radius 3 is 2.44 bits per heavy atom. The Hall–Kier alpha value is -1.59. The molecule has 1 fully saturated rings. The van der Waals surface area contributed by atoms with Crippen LogP contribution in [0.3, 0.4) is 0 Å². The van der Waals surface area contributed by atoms with E-state index in [9.17, 15) is 14.4 Å². The molecule has 1 atom stereocenters. The third-order valence-electron chi connectivity index (χ3n) is 2.09. The van der Waals surface area contributed by atoms with Crippen LogP contribution < -0.4 is 0 Å². The lowest BCUT2D eigenvalue weighted by molar-refractivity contribution is -0.145. The van der Waals surface area contributed by atoms with Crippen LogP contribution in [0.25, 0.3) is 0 Å². The van der Waals surface area contributed by atoms with Gasteiger partial charge in [-0.3, -0.25) is 4.79 Å². The summed E-state index contributed by atoms with van der Waals surface area (Å²) in [4.78, 5) is 34.5. The molecule has 2 amide bonds. The highest BCUT2D eigenvalue weighted by Gasteiger charge is 2.42. The summed E-state index contributed by atoms with van der Waals surface area (Å²) in [5.74, 6) is -1.68. The zero-order valence-corrected chi connectivity index (χ0v) is 9.52. The van der Waals surface area contributed by atoms with Gasteiger partial charge in [-0.15, -0.1) is 0 Å². The summed E-state index contributed by atoms with van der Waals surface area (Å²) < 4.78 is 4.98. The number of imide groups is 1. The summed E-state index contributed by atoms with van der Waals surface area (Å²) in [7, 11) is 0. The van der Waals surface area contributed by atoms with E-state index in [0.717, 1.165) is 0 Å². The smallest absolute Gasteiger partial charge is 0.417 e. The number of carboxylic acid groups (broad SMARTS) is 1. The van der Waals surface area contributed by atoms with Gasteiger partial charge < -0.3 is 9.84 Å². The number of likely N-dealkylation sites (tertiary alicyclic amines) is 1. The maximum absolute atomic E-state index is 11.6. The molecule has 0 aromatic carbocycles. The summed E-state index contributed by atoms with van der Waals surface area (Å²) in [5.41, 5.74) is -0.747.